The van der Waals surface area contributed by atoms with E-state index in [1.807, 2.05) is 0 Å². The first-order valence-corrected chi connectivity index (χ1v) is 6.30. The van der Waals surface area contributed by atoms with E-state index in [1.54, 1.807) is 11.9 Å². The minimum Gasteiger partial charge on any atom is -0.391 e. The van der Waals surface area contributed by atoms with Crippen LogP contribution in [0.1, 0.15) is 32.1 Å². The first-order chi connectivity index (χ1) is 8.08. The minimum absolute atomic E-state index is 0.0225. The molecule has 0 aromatic heterocycles. The normalized spacial score (nSPS) is 33.9. The maximum absolute atomic E-state index is 11.9. The van der Waals surface area contributed by atoms with Crippen LogP contribution in [0.3, 0.4) is 0 Å². The van der Waals surface area contributed by atoms with Crippen LogP contribution in [-0.2, 0) is 9.59 Å². The highest BCUT2D eigenvalue weighted by molar-refractivity contribution is 5.89. The van der Waals surface area contributed by atoms with Gasteiger partial charge in [0.25, 0.3) is 0 Å². The molecule has 0 aromatic carbocycles. The Morgan fingerprint density at radius 2 is 2.12 bits per heavy atom. The SMILES string of the molecule is CN1CC(C(=O)NC2CCCCC2O)CC1=O. The van der Waals surface area contributed by atoms with Gasteiger partial charge in [-0.2, -0.15) is 0 Å². The van der Waals surface area contributed by atoms with Gasteiger partial charge in [0.1, 0.15) is 0 Å². The minimum atomic E-state index is -0.428. The van der Waals surface area contributed by atoms with Crippen LogP contribution in [-0.4, -0.2) is 47.6 Å². The lowest BCUT2D eigenvalue weighted by atomic mass is 9.92. The zero-order valence-electron chi connectivity index (χ0n) is 10.2. The lowest BCUT2D eigenvalue weighted by Gasteiger charge is -2.29. The largest absolute Gasteiger partial charge is 0.391 e. The van der Waals surface area contributed by atoms with Gasteiger partial charge in [-0.3, -0.25) is 9.59 Å². The van der Waals surface area contributed by atoms with Gasteiger partial charge in [-0.25, -0.2) is 0 Å². The number of likely N-dealkylation sites (tertiary alicyclic amines) is 1. The summed E-state index contributed by atoms with van der Waals surface area (Å²) < 4.78 is 0. The Hall–Kier alpha value is -1.10. The van der Waals surface area contributed by atoms with Crippen molar-refractivity contribution >= 4 is 11.8 Å². The lowest BCUT2D eigenvalue weighted by molar-refractivity contribution is -0.129. The molecule has 1 aliphatic carbocycles. The Bertz CT molecular complexity index is 319. The van der Waals surface area contributed by atoms with Gasteiger partial charge >= 0.3 is 0 Å². The third-order valence-corrected chi connectivity index (χ3v) is 3.77. The average Bonchev–Trinajstić information content (AvgIpc) is 2.63. The maximum atomic E-state index is 11.9. The molecular weight excluding hydrogens is 220 g/mol. The van der Waals surface area contributed by atoms with Crippen molar-refractivity contribution < 1.29 is 14.7 Å². The number of hydrogen-bond acceptors (Lipinski definition) is 3. The van der Waals surface area contributed by atoms with Crippen molar-refractivity contribution in [2.75, 3.05) is 13.6 Å². The van der Waals surface area contributed by atoms with Gasteiger partial charge in [-0.15, -0.1) is 0 Å². The third-order valence-electron chi connectivity index (χ3n) is 3.77. The predicted molar refractivity (Wildman–Crippen MR) is 62.1 cm³/mol. The van der Waals surface area contributed by atoms with Crippen LogP contribution in [0, 0.1) is 5.92 Å². The van der Waals surface area contributed by atoms with Gasteiger partial charge < -0.3 is 15.3 Å². The molecule has 5 nitrogen and oxygen atoms in total. The summed E-state index contributed by atoms with van der Waals surface area (Å²) in [7, 11) is 1.71. The van der Waals surface area contributed by atoms with Crippen molar-refractivity contribution in [3.8, 4) is 0 Å². The number of rotatable bonds is 2. The number of aliphatic hydroxyl groups excluding tert-OH is 1. The highest BCUT2D eigenvalue weighted by Crippen LogP contribution is 2.21. The van der Waals surface area contributed by atoms with E-state index in [0.717, 1.165) is 25.7 Å². The molecule has 2 N–H and O–H groups in total. The molecule has 5 heteroatoms. The fourth-order valence-electron chi connectivity index (χ4n) is 2.62. The van der Waals surface area contributed by atoms with E-state index in [4.69, 9.17) is 0 Å². The summed E-state index contributed by atoms with van der Waals surface area (Å²) >= 11 is 0. The molecule has 3 atom stereocenters. The Balaban J connectivity index is 1.86. The Labute approximate surface area is 101 Å². The summed E-state index contributed by atoms with van der Waals surface area (Å²) in [6.07, 6.45) is 3.54. The Morgan fingerprint density at radius 1 is 1.41 bits per heavy atom. The molecule has 2 aliphatic rings. The molecular formula is C12H20N2O3. The average molecular weight is 240 g/mol. The fourth-order valence-corrected chi connectivity index (χ4v) is 2.62. The topological polar surface area (TPSA) is 69.6 Å². The van der Waals surface area contributed by atoms with Crippen LogP contribution in [0.15, 0.2) is 0 Å². The van der Waals surface area contributed by atoms with Crippen molar-refractivity contribution in [2.24, 2.45) is 5.92 Å². The summed E-state index contributed by atoms with van der Waals surface area (Å²) in [5, 5.41) is 12.7. The highest BCUT2D eigenvalue weighted by atomic mass is 16.3. The van der Waals surface area contributed by atoms with E-state index >= 15 is 0 Å². The van der Waals surface area contributed by atoms with Gasteiger partial charge in [0.05, 0.1) is 18.1 Å². The lowest BCUT2D eigenvalue weighted by Crippen LogP contribution is -2.47. The molecule has 17 heavy (non-hydrogen) atoms. The standard InChI is InChI=1S/C12H20N2O3/c1-14-7-8(6-11(14)16)12(17)13-9-4-2-3-5-10(9)15/h8-10,15H,2-7H2,1H3,(H,13,17). The van der Waals surface area contributed by atoms with Gasteiger partial charge in [0, 0.05) is 20.0 Å². The second-order valence-electron chi connectivity index (χ2n) is 5.14. The van der Waals surface area contributed by atoms with E-state index < -0.39 is 6.10 Å². The molecule has 2 amide bonds. The van der Waals surface area contributed by atoms with Crippen LogP contribution in [0.25, 0.3) is 0 Å². The molecule has 1 saturated heterocycles. The summed E-state index contributed by atoms with van der Waals surface area (Å²) in [6.45, 7) is 0.494. The monoisotopic (exact) mass is 240 g/mol. The zero-order chi connectivity index (χ0) is 12.4. The molecule has 0 spiro atoms. The molecule has 0 radical (unpaired) electrons. The second-order valence-corrected chi connectivity index (χ2v) is 5.14. The van der Waals surface area contributed by atoms with Crippen molar-refractivity contribution in [3.63, 3.8) is 0 Å². The van der Waals surface area contributed by atoms with Crippen molar-refractivity contribution in [2.45, 2.75) is 44.2 Å². The second kappa shape index (κ2) is 5.04. The summed E-state index contributed by atoms with van der Waals surface area (Å²) in [4.78, 5) is 24.9. The number of carbonyl (C=O) groups is 2. The van der Waals surface area contributed by atoms with Crippen LogP contribution >= 0.6 is 0 Å². The molecule has 1 aliphatic heterocycles. The third kappa shape index (κ3) is 2.77. The molecule has 2 fully saturated rings. The summed E-state index contributed by atoms with van der Waals surface area (Å²) in [6, 6.07) is -0.128. The van der Waals surface area contributed by atoms with Crippen LogP contribution in [0.4, 0.5) is 0 Å². The number of nitrogens with one attached hydrogen (secondary N) is 1. The van der Waals surface area contributed by atoms with Crippen LogP contribution in [0.5, 0.6) is 0 Å². The van der Waals surface area contributed by atoms with Gasteiger partial charge in [-0.1, -0.05) is 12.8 Å². The van der Waals surface area contributed by atoms with Crippen LogP contribution in [0.2, 0.25) is 0 Å². The number of aliphatic hydroxyl groups is 1. The van der Waals surface area contributed by atoms with Crippen molar-refractivity contribution in [3.05, 3.63) is 0 Å². The van der Waals surface area contributed by atoms with E-state index in [2.05, 4.69) is 5.32 Å². The van der Waals surface area contributed by atoms with E-state index in [1.165, 1.54) is 0 Å². The number of carbonyl (C=O) groups excluding carboxylic acids is 2. The highest BCUT2D eigenvalue weighted by Gasteiger charge is 2.34. The van der Waals surface area contributed by atoms with Crippen LogP contribution < -0.4 is 5.32 Å². The molecule has 1 heterocycles. The molecule has 0 aromatic rings. The first kappa shape index (κ1) is 12.4. The first-order valence-electron chi connectivity index (χ1n) is 6.30. The quantitative estimate of drug-likeness (QED) is 0.707. The zero-order valence-corrected chi connectivity index (χ0v) is 10.2. The molecule has 0 bridgehead atoms. The Kier molecular flexibility index (Phi) is 3.66. The van der Waals surface area contributed by atoms with Gasteiger partial charge in [0.15, 0.2) is 0 Å². The summed E-state index contributed by atoms with van der Waals surface area (Å²) in [5.41, 5.74) is 0. The van der Waals surface area contributed by atoms with E-state index in [0.29, 0.717) is 13.0 Å². The smallest absolute Gasteiger partial charge is 0.225 e. The Morgan fingerprint density at radius 3 is 2.71 bits per heavy atom. The van der Waals surface area contributed by atoms with E-state index in [9.17, 15) is 14.7 Å². The number of hydrogen-bond donors (Lipinski definition) is 2. The number of amides is 2. The molecule has 96 valence electrons. The molecule has 1 saturated carbocycles. The van der Waals surface area contributed by atoms with Gasteiger partial charge in [-0.05, 0) is 12.8 Å². The van der Waals surface area contributed by atoms with Crippen molar-refractivity contribution in [1.82, 2.24) is 10.2 Å². The fraction of sp³-hybridized carbons (Fsp3) is 0.833. The van der Waals surface area contributed by atoms with E-state index in [-0.39, 0.29) is 23.8 Å². The van der Waals surface area contributed by atoms with Gasteiger partial charge in [0.2, 0.25) is 11.8 Å². The number of nitrogens with zero attached hydrogens (tertiary/aromatic N) is 1. The summed E-state index contributed by atoms with van der Waals surface area (Å²) in [5.74, 6) is -0.315. The molecule has 2 rings (SSSR count). The van der Waals surface area contributed by atoms with Crippen molar-refractivity contribution in [1.29, 1.82) is 0 Å². The predicted octanol–water partition coefficient (Wildman–Crippen LogP) is -0.116. The molecule has 3 unspecified atom stereocenters. The maximum Gasteiger partial charge on any atom is 0.225 e.